The van der Waals surface area contributed by atoms with Crippen molar-refractivity contribution in [2.45, 2.75) is 39.2 Å². The molecular weight excluding hydrogens is 424 g/mol. The molecule has 0 saturated heterocycles. The number of nitrogens with one attached hydrogen (secondary N) is 1. The van der Waals surface area contributed by atoms with Gasteiger partial charge in [-0.25, -0.2) is 14.4 Å². The van der Waals surface area contributed by atoms with Gasteiger partial charge in [0, 0.05) is 6.54 Å². The standard InChI is InChI=1S/C15H21NO4.C10H13NO2/c1-15(2,3)20-14(18)16-10-9-11-5-7-12(8-6-11)13(17)19-4;1-13-10(12)9-4-2-8(3-5-9)6-7-11/h5-8H,9-10H2,1-4H3,(H,16,18);2-5H,6-7,11H2,1H3. The summed E-state index contributed by atoms with van der Waals surface area (Å²) in [5.74, 6) is -0.664. The Hall–Kier alpha value is -3.39. The number of nitrogens with two attached hydrogens (primary N) is 1. The maximum Gasteiger partial charge on any atom is 0.407 e. The third-order valence-electron chi connectivity index (χ3n) is 4.26. The minimum atomic E-state index is -0.494. The average Bonchev–Trinajstić information content (AvgIpc) is 2.78. The van der Waals surface area contributed by atoms with Gasteiger partial charge in [-0.2, -0.15) is 0 Å². The van der Waals surface area contributed by atoms with Crippen LogP contribution in [0.5, 0.6) is 0 Å². The van der Waals surface area contributed by atoms with Crippen molar-refractivity contribution in [1.82, 2.24) is 5.32 Å². The van der Waals surface area contributed by atoms with E-state index in [0.717, 1.165) is 17.5 Å². The molecule has 0 aliphatic heterocycles. The van der Waals surface area contributed by atoms with Crippen LogP contribution in [-0.2, 0) is 27.1 Å². The SMILES string of the molecule is COC(=O)c1ccc(CCN)cc1.COC(=O)c1ccc(CCNC(=O)OC(C)(C)C)cc1. The second kappa shape index (κ2) is 13.9. The summed E-state index contributed by atoms with van der Waals surface area (Å²) in [4.78, 5) is 33.7. The number of alkyl carbamates (subject to hydrolysis) is 1. The summed E-state index contributed by atoms with van der Waals surface area (Å²) in [6.45, 7) is 6.55. The van der Waals surface area contributed by atoms with E-state index in [9.17, 15) is 14.4 Å². The molecule has 0 bridgehead atoms. The highest BCUT2D eigenvalue weighted by atomic mass is 16.6. The zero-order valence-corrected chi connectivity index (χ0v) is 20.0. The van der Waals surface area contributed by atoms with Gasteiger partial charge in [-0.1, -0.05) is 24.3 Å². The summed E-state index contributed by atoms with van der Waals surface area (Å²) >= 11 is 0. The Morgan fingerprint density at radius 2 is 1.21 bits per heavy atom. The molecule has 0 spiro atoms. The number of ether oxygens (including phenoxy) is 3. The first kappa shape index (κ1) is 27.6. The zero-order valence-electron chi connectivity index (χ0n) is 20.0. The van der Waals surface area contributed by atoms with Crippen LogP contribution in [0.15, 0.2) is 48.5 Å². The molecule has 0 radical (unpaired) electrons. The summed E-state index contributed by atoms with van der Waals surface area (Å²) in [5, 5.41) is 2.68. The number of esters is 2. The first-order valence-electron chi connectivity index (χ1n) is 10.6. The quantitative estimate of drug-likeness (QED) is 0.482. The molecule has 3 N–H and O–H groups in total. The highest BCUT2D eigenvalue weighted by Gasteiger charge is 2.15. The molecular formula is C25H34N2O6. The van der Waals surface area contributed by atoms with Crippen molar-refractivity contribution < 1.29 is 28.6 Å². The lowest BCUT2D eigenvalue weighted by Gasteiger charge is -2.19. The van der Waals surface area contributed by atoms with Crippen molar-refractivity contribution in [3.8, 4) is 0 Å². The third-order valence-corrected chi connectivity index (χ3v) is 4.26. The molecule has 0 saturated carbocycles. The Morgan fingerprint density at radius 1 is 0.788 bits per heavy atom. The predicted molar refractivity (Wildman–Crippen MR) is 126 cm³/mol. The lowest BCUT2D eigenvalue weighted by Crippen LogP contribution is -2.33. The van der Waals surface area contributed by atoms with Crippen molar-refractivity contribution in [2.75, 3.05) is 27.3 Å². The second-order valence-electron chi connectivity index (χ2n) is 8.09. The van der Waals surface area contributed by atoms with Crippen molar-refractivity contribution in [2.24, 2.45) is 5.73 Å². The highest BCUT2D eigenvalue weighted by molar-refractivity contribution is 5.89. The van der Waals surface area contributed by atoms with Gasteiger partial charge in [0.05, 0.1) is 25.3 Å². The zero-order chi connectivity index (χ0) is 24.9. The maximum absolute atomic E-state index is 11.4. The molecule has 0 heterocycles. The van der Waals surface area contributed by atoms with Gasteiger partial charge in [0.15, 0.2) is 0 Å². The highest BCUT2D eigenvalue weighted by Crippen LogP contribution is 2.08. The molecule has 0 aliphatic carbocycles. The predicted octanol–water partition coefficient (Wildman–Crippen LogP) is 3.51. The molecule has 2 aromatic rings. The number of carbonyl (C=O) groups excluding carboxylic acids is 3. The van der Waals surface area contributed by atoms with E-state index >= 15 is 0 Å². The Morgan fingerprint density at radius 3 is 1.58 bits per heavy atom. The first-order valence-corrected chi connectivity index (χ1v) is 10.6. The Labute approximate surface area is 195 Å². The number of carbonyl (C=O) groups is 3. The fourth-order valence-electron chi connectivity index (χ4n) is 2.64. The summed E-state index contributed by atoms with van der Waals surface area (Å²) in [6.07, 6.45) is 1.07. The number of amides is 1. The van der Waals surface area contributed by atoms with Gasteiger partial charge in [-0.15, -0.1) is 0 Å². The van der Waals surface area contributed by atoms with Crippen LogP contribution < -0.4 is 11.1 Å². The van der Waals surface area contributed by atoms with Crippen molar-refractivity contribution in [3.05, 3.63) is 70.8 Å². The Kier molecular flexibility index (Phi) is 11.6. The van der Waals surface area contributed by atoms with Crippen LogP contribution in [0.25, 0.3) is 0 Å². The van der Waals surface area contributed by atoms with E-state index in [0.29, 0.717) is 30.6 Å². The fraction of sp³-hybridized carbons (Fsp3) is 0.400. The van der Waals surface area contributed by atoms with Crippen LogP contribution in [0.3, 0.4) is 0 Å². The number of benzene rings is 2. The molecule has 2 rings (SSSR count). The molecule has 0 aliphatic rings. The normalized spacial score (nSPS) is 10.4. The minimum Gasteiger partial charge on any atom is -0.465 e. The average molecular weight is 459 g/mol. The Balaban J connectivity index is 0.000000361. The summed E-state index contributed by atoms with van der Waals surface area (Å²) in [5.41, 5.74) is 8.14. The molecule has 8 nitrogen and oxygen atoms in total. The van der Waals surface area contributed by atoms with Crippen LogP contribution in [0, 0.1) is 0 Å². The molecule has 1 amide bonds. The van der Waals surface area contributed by atoms with E-state index in [-0.39, 0.29) is 11.9 Å². The molecule has 33 heavy (non-hydrogen) atoms. The number of hydrogen-bond donors (Lipinski definition) is 2. The fourth-order valence-corrected chi connectivity index (χ4v) is 2.64. The topological polar surface area (TPSA) is 117 Å². The van der Waals surface area contributed by atoms with Gasteiger partial charge in [0.25, 0.3) is 0 Å². The molecule has 180 valence electrons. The van der Waals surface area contributed by atoms with Gasteiger partial charge in [0.1, 0.15) is 5.60 Å². The van der Waals surface area contributed by atoms with Gasteiger partial charge in [0.2, 0.25) is 0 Å². The van der Waals surface area contributed by atoms with E-state index < -0.39 is 11.7 Å². The molecule has 8 heteroatoms. The lowest BCUT2D eigenvalue weighted by molar-refractivity contribution is 0.0526. The van der Waals surface area contributed by atoms with Gasteiger partial charge < -0.3 is 25.3 Å². The van der Waals surface area contributed by atoms with Crippen LogP contribution >= 0.6 is 0 Å². The molecule has 0 unspecified atom stereocenters. The Bertz CT molecular complexity index is 887. The maximum atomic E-state index is 11.4. The van der Waals surface area contributed by atoms with E-state index in [1.807, 2.05) is 45.0 Å². The monoisotopic (exact) mass is 458 g/mol. The van der Waals surface area contributed by atoms with Crippen molar-refractivity contribution >= 4 is 18.0 Å². The van der Waals surface area contributed by atoms with Crippen LogP contribution in [0.4, 0.5) is 4.79 Å². The van der Waals surface area contributed by atoms with Crippen molar-refractivity contribution in [1.29, 1.82) is 0 Å². The van der Waals surface area contributed by atoms with E-state index in [2.05, 4.69) is 14.8 Å². The number of rotatable bonds is 7. The summed E-state index contributed by atoms with van der Waals surface area (Å²) < 4.78 is 14.3. The van der Waals surface area contributed by atoms with Crippen LogP contribution in [0.2, 0.25) is 0 Å². The number of hydrogen-bond acceptors (Lipinski definition) is 7. The minimum absolute atomic E-state index is 0.306. The summed E-state index contributed by atoms with van der Waals surface area (Å²) in [6, 6.07) is 14.3. The van der Waals surface area contributed by atoms with E-state index in [1.165, 1.54) is 14.2 Å². The van der Waals surface area contributed by atoms with Crippen LogP contribution in [-0.4, -0.2) is 50.9 Å². The number of methoxy groups -OCH3 is 2. The van der Waals surface area contributed by atoms with E-state index in [1.54, 1.807) is 24.3 Å². The molecule has 0 fully saturated rings. The van der Waals surface area contributed by atoms with Crippen LogP contribution in [0.1, 0.15) is 52.6 Å². The molecule has 2 aromatic carbocycles. The van der Waals surface area contributed by atoms with Gasteiger partial charge >= 0.3 is 18.0 Å². The third kappa shape index (κ3) is 11.2. The lowest BCUT2D eigenvalue weighted by atomic mass is 10.1. The first-order chi connectivity index (χ1) is 15.6. The van der Waals surface area contributed by atoms with Crippen molar-refractivity contribution in [3.63, 3.8) is 0 Å². The van der Waals surface area contributed by atoms with Gasteiger partial charge in [-0.3, -0.25) is 0 Å². The van der Waals surface area contributed by atoms with E-state index in [4.69, 9.17) is 10.5 Å². The second-order valence-corrected chi connectivity index (χ2v) is 8.09. The largest absolute Gasteiger partial charge is 0.465 e. The summed E-state index contributed by atoms with van der Waals surface area (Å²) in [7, 11) is 2.72. The molecule has 0 aromatic heterocycles. The smallest absolute Gasteiger partial charge is 0.407 e. The van der Waals surface area contributed by atoms with Gasteiger partial charge in [-0.05, 0) is 75.5 Å². The molecule has 0 atom stereocenters.